The summed E-state index contributed by atoms with van der Waals surface area (Å²) in [7, 11) is 1.94. The van der Waals surface area contributed by atoms with Crippen molar-refractivity contribution >= 4 is 11.5 Å². The maximum atomic E-state index is 5.65. The average molecular weight is 217 g/mol. The quantitative estimate of drug-likeness (QED) is 0.803. The molecule has 0 saturated carbocycles. The zero-order valence-corrected chi connectivity index (χ0v) is 9.22. The Labute approximate surface area is 94.3 Å². The molecule has 0 amide bonds. The average Bonchev–Trinajstić information content (AvgIpc) is 2.65. The first-order valence-corrected chi connectivity index (χ1v) is 5.18. The van der Waals surface area contributed by atoms with Crippen LogP contribution in [0.2, 0.25) is 0 Å². The zero-order valence-electron chi connectivity index (χ0n) is 9.22. The molecule has 2 aromatic heterocycles. The molecule has 5 nitrogen and oxygen atoms in total. The van der Waals surface area contributed by atoms with E-state index in [1.807, 2.05) is 23.9 Å². The molecule has 0 aliphatic rings. The van der Waals surface area contributed by atoms with Crippen LogP contribution in [0.3, 0.4) is 0 Å². The third-order valence-corrected chi connectivity index (χ3v) is 2.39. The molecule has 0 spiro atoms. The van der Waals surface area contributed by atoms with Crippen LogP contribution in [0.4, 0.5) is 11.5 Å². The molecule has 84 valence electrons. The van der Waals surface area contributed by atoms with Crippen LogP contribution in [0, 0.1) is 0 Å². The Balaban J connectivity index is 1.87. The smallest absolute Gasteiger partial charge is 0.127 e. The third-order valence-electron chi connectivity index (χ3n) is 2.39. The van der Waals surface area contributed by atoms with Crippen molar-refractivity contribution in [3.05, 3.63) is 36.3 Å². The molecule has 2 aromatic rings. The molecule has 0 saturated heterocycles. The van der Waals surface area contributed by atoms with E-state index in [0.717, 1.165) is 24.5 Å². The second-order valence-corrected chi connectivity index (χ2v) is 3.60. The van der Waals surface area contributed by atoms with E-state index in [-0.39, 0.29) is 0 Å². The van der Waals surface area contributed by atoms with Crippen molar-refractivity contribution in [3.8, 4) is 0 Å². The van der Waals surface area contributed by atoms with Gasteiger partial charge in [-0.15, -0.1) is 0 Å². The van der Waals surface area contributed by atoms with Gasteiger partial charge in [0.25, 0.3) is 0 Å². The van der Waals surface area contributed by atoms with Crippen LogP contribution >= 0.6 is 0 Å². The Bertz CT molecular complexity index is 463. The van der Waals surface area contributed by atoms with Crippen LogP contribution in [0.25, 0.3) is 0 Å². The topological polar surface area (TPSA) is 68.8 Å². The molecule has 0 fully saturated rings. The van der Waals surface area contributed by atoms with Gasteiger partial charge in [0.1, 0.15) is 5.82 Å². The van der Waals surface area contributed by atoms with Crippen molar-refractivity contribution in [1.82, 2.24) is 14.8 Å². The highest BCUT2D eigenvalue weighted by molar-refractivity contribution is 5.48. The van der Waals surface area contributed by atoms with Crippen molar-refractivity contribution in [3.63, 3.8) is 0 Å². The summed E-state index contributed by atoms with van der Waals surface area (Å²) in [5.41, 5.74) is 7.57. The highest BCUT2D eigenvalue weighted by Crippen LogP contribution is 2.07. The van der Waals surface area contributed by atoms with Gasteiger partial charge >= 0.3 is 0 Å². The SMILES string of the molecule is Cn1nccc1CCNc1cc(N)ccn1. The summed E-state index contributed by atoms with van der Waals surface area (Å²) in [6.45, 7) is 0.815. The predicted octanol–water partition coefficient (Wildman–Crippen LogP) is 1.05. The summed E-state index contributed by atoms with van der Waals surface area (Å²) in [4.78, 5) is 4.17. The lowest BCUT2D eigenvalue weighted by Crippen LogP contribution is -2.09. The van der Waals surface area contributed by atoms with Gasteiger partial charge in [-0.1, -0.05) is 0 Å². The lowest BCUT2D eigenvalue weighted by molar-refractivity contribution is 0.711. The predicted molar refractivity (Wildman–Crippen MR) is 64.1 cm³/mol. The number of aromatic nitrogens is 3. The normalized spacial score (nSPS) is 10.3. The fraction of sp³-hybridized carbons (Fsp3) is 0.273. The number of rotatable bonds is 4. The molecule has 0 radical (unpaired) electrons. The van der Waals surface area contributed by atoms with Crippen LogP contribution < -0.4 is 11.1 Å². The Morgan fingerprint density at radius 3 is 2.94 bits per heavy atom. The van der Waals surface area contributed by atoms with Crippen LogP contribution in [-0.4, -0.2) is 21.3 Å². The van der Waals surface area contributed by atoms with Gasteiger partial charge in [-0.05, 0) is 12.1 Å². The molecule has 5 heteroatoms. The first kappa shape index (κ1) is 10.5. The van der Waals surface area contributed by atoms with E-state index in [2.05, 4.69) is 15.4 Å². The summed E-state index contributed by atoms with van der Waals surface area (Å²) in [6, 6.07) is 5.60. The van der Waals surface area contributed by atoms with Crippen LogP contribution in [0.1, 0.15) is 5.69 Å². The molecule has 16 heavy (non-hydrogen) atoms. The van der Waals surface area contributed by atoms with Gasteiger partial charge in [-0.3, -0.25) is 4.68 Å². The van der Waals surface area contributed by atoms with Crippen molar-refractivity contribution in [1.29, 1.82) is 0 Å². The highest BCUT2D eigenvalue weighted by Gasteiger charge is 1.98. The van der Waals surface area contributed by atoms with Crippen LogP contribution in [-0.2, 0) is 13.5 Å². The minimum Gasteiger partial charge on any atom is -0.399 e. The number of hydrogen-bond donors (Lipinski definition) is 2. The summed E-state index contributed by atoms with van der Waals surface area (Å²) < 4.78 is 1.87. The molecule has 0 bridgehead atoms. The molecule has 0 aromatic carbocycles. The summed E-state index contributed by atoms with van der Waals surface area (Å²) >= 11 is 0. The van der Waals surface area contributed by atoms with E-state index < -0.39 is 0 Å². The lowest BCUT2D eigenvalue weighted by Gasteiger charge is -2.06. The second-order valence-electron chi connectivity index (χ2n) is 3.60. The Morgan fingerprint density at radius 2 is 2.25 bits per heavy atom. The van der Waals surface area contributed by atoms with Gasteiger partial charge in [0.2, 0.25) is 0 Å². The molecule has 0 atom stereocenters. The fourth-order valence-corrected chi connectivity index (χ4v) is 1.51. The van der Waals surface area contributed by atoms with E-state index in [1.165, 1.54) is 5.69 Å². The molecular weight excluding hydrogens is 202 g/mol. The van der Waals surface area contributed by atoms with Crippen molar-refractivity contribution in [2.75, 3.05) is 17.6 Å². The molecule has 2 rings (SSSR count). The van der Waals surface area contributed by atoms with Crippen molar-refractivity contribution in [2.45, 2.75) is 6.42 Å². The Hall–Kier alpha value is -2.04. The third kappa shape index (κ3) is 2.50. The number of nitrogens with one attached hydrogen (secondary N) is 1. The standard InChI is InChI=1S/C11H15N5/c1-16-10(4-7-15-16)3-6-14-11-8-9(12)2-5-13-11/h2,4-5,7-8H,3,6H2,1H3,(H3,12,13,14). The first-order chi connectivity index (χ1) is 7.75. The summed E-state index contributed by atoms with van der Waals surface area (Å²) in [6.07, 6.45) is 4.41. The number of hydrogen-bond acceptors (Lipinski definition) is 4. The molecular formula is C11H15N5. The highest BCUT2D eigenvalue weighted by atomic mass is 15.3. The first-order valence-electron chi connectivity index (χ1n) is 5.18. The zero-order chi connectivity index (χ0) is 11.4. The Kier molecular flexibility index (Phi) is 3.05. The van der Waals surface area contributed by atoms with Gasteiger partial charge < -0.3 is 11.1 Å². The van der Waals surface area contributed by atoms with Gasteiger partial charge in [0.05, 0.1) is 0 Å². The second kappa shape index (κ2) is 4.65. The van der Waals surface area contributed by atoms with Gasteiger partial charge in [0, 0.05) is 49.9 Å². The van der Waals surface area contributed by atoms with E-state index in [4.69, 9.17) is 5.73 Å². The number of nitrogens with zero attached hydrogens (tertiary/aromatic N) is 3. The number of aryl methyl sites for hydroxylation is 1. The van der Waals surface area contributed by atoms with Gasteiger partial charge in [-0.2, -0.15) is 5.10 Å². The number of pyridine rings is 1. The maximum Gasteiger partial charge on any atom is 0.127 e. The molecule has 0 aliphatic heterocycles. The minimum atomic E-state index is 0.720. The lowest BCUT2D eigenvalue weighted by atomic mass is 10.3. The van der Waals surface area contributed by atoms with Crippen LogP contribution in [0.5, 0.6) is 0 Å². The minimum absolute atomic E-state index is 0.720. The Morgan fingerprint density at radius 1 is 1.38 bits per heavy atom. The van der Waals surface area contributed by atoms with Crippen molar-refractivity contribution in [2.24, 2.45) is 7.05 Å². The van der Waals surface area contributed by atoms with E-state index >= 15 is 0 Å². The largest absolute Gasteiger partial charge is 0.399 e. The van der Waals surface area contributed by atoms with Gasteiger partial charge in [0.15, 0.2) is 0 Å². The number of nitrogen functional groups attached to an aromatic ring is 1. The van der Waals surface area contributed by atoms with E-state index in [9.17, 15) is 0 Å². The summed E-state index contributed by atoms with van der Waals surface area (Å²) in [5, 5.41) is 7.33. The molecule has 0 unspecified atom stereocenters. The van der Waals surface area contributed by atoms with Gasteiger partial charge in [-0.25, -0.2) is 4.98 Å². The van der Waals surface area contributed by atoms with Crippen molar-refractivity contribution < 1.29 is 0 Å². The van der Waals surface area contributed by atoms with Crippen LogP contribution in [0.15, 0.2) is 30.6 Å². The molecule has 2 heterocycles. The van der Waals surface area contributed by atoms with E-state index in [1.54, 1.807) is 18.5 Å². The molecule has 3 N–H and O–H groups in total. The molecule has 0 aliphatic carbocycles. The maximum absolute atomic E-state index is 5.65. The number of anilines is 2. The van der Waals surface area contributed by atoms with E-state index in [0.29, 0.717) is 0 Å². The summed E-state index contributed by atoms with van der Waals surface area (Å²) in [5.74, 6) is 0.808. The monoisotopic (exact) mass is 217 g/mol. The fourth-order valence-electron chi connectivity index (χ4n) is 1.51. The number of nitrogens with two attached hydrogens (primary N) is 1.